The molecule has 4 rings (SSSR count). The highest BCUT2D eigenvalue weighted by Crippen LogP contribution is 2.26. The van der Waals surface area contributed by atoms with E-state index in [4.69, 9.17) is 9.72 Å². The fraction of sp³-hybridized carbons (Fsp3) is 0.227. The number of hydrogen-bond acceptors (Lipinski definition) is 4. The van der Waals surface area contributed by atoms with Crippen molar-refractivity contribution >= 4 is 11.6 Å². The van der Waals surface area contributed by atoms with Gasteiger partial charge in [-0.05, 0) is 32.4 Å². The number of carbonyl (C=O) groups is 1. The van der Waals surface area contributed by atoms with Gasteiger partial charge in [0.15, 0.2) is 0 Å². The summed E-state index contributed by atoms with van der Waals surface area (Å²) >= 11 is 0. The van der Waals surface area contributed by atoms with Gasteiger partial charge in [-0.15, -0.1) is 0 Å². The summed E-state index contributed by atoms with van der Waals surface area (Å²) in [5.74, 6) is -0.131. The van der Waals surface area contributed by atoms with Crippen molar-refractivity contribution in [1.29, 1.82) is 0 Å². The SMILES string of the molecule is CCOC(=O)c1nccn1Cc1c(-c2ccc(C)cc2)nc2ccc(C)cn12. The fourth-order valence-corrected chi connectivity index (χ4v) is 3.28. The van der Waals surface area contributed by atoms with Gasteiger partial charge in [0.25, 0.3) is 0 Å². The molecule has 0 aliphatic heterocycles. The van der Waals surface area contributed by atoms with Gasteiger partial charge in [-0.3, -0.25) is 0 Å². The van der Waals surface area contributed by atoms with E-state index in [2.05, 4.69) is 53.7 Å². The van der Waals surface area contributed by atoms with E-state index in [0.29, 0.717) is 19.0 Å². The molecule has 142 valence electrons. The molecule has 0 spiro atoms. The maximum atomic E-state index is 12.2. The first-order chi connectivity index (χ1) is 13.6. The topological polar surface area (TPSA) is 61.4 Å². The van der Waals surface area contributed by atoms with Gasteiger partial charge in [0.1, 0.15) is 5.65 Å². The largest absolute Gasteiger partial charge is 0.460 e. The summed E-state index contributed by atoms with van der Waals surface area (Å²) in [5.41, 5.74) is 6.14. The van der Waals surface area contributed by atoms with E-state index in [1.807, 2.05) is 16.7 Å². The quantitative estimate of drug-likeness (QED) is 0.495. The number of rotatable bonds is 5. The van der Waals surface area contributed by atoms with Gasteiger partial charge in [0, 0.05) is 24.2 Å². The van der Waals surface area contributed by atoms with Crippen LogP contribution in [-0.4, -0.2) is 31.5 Å². The molecule has 0 bridgehead atoms. The molecule has 0 radical (unpaired) electrons. The number of hydrogen-bond donors (Lipinski definition) is 0. The van der Waals surface area contributed by atoms with Crippen molar-refractivity contribution in [3.63, 3.8) is 0 Å². The van der Waals surface area contributed by atoms with Crippen LogP contribution in [0.2, 0.25) is 0 Å². The fourth-order valence-electron chi connectivity index (χ4n) is 3.28. The molecule has 0 atom stereocenters. The second-order valence-electron chi connectivity index (χ2n) is 6.81. The second-order valence-corrected chi connectivity index (χ2v) is 6.81. The molecule has 6 nitrogen and oxygen atoms in total. The Morgan fingerprint density at radius 2 is 1.82 bits per heavy atom. The van der Waals surface area contributed by atoms with E-state index < -0.39 is 5.97 Å². The van der Waals surface area contributed by atoms with Crippen LogP contribution < -0.4 is 0 Å². The van der Waals surface area contributed by atoms with Crippen molar-refractivity contribution in [2.45, 2.75) is 27.3 Å². The first kappa shape index (κ1) is 18.0. The summed E-state index contributed by atoms with van der Waals surface area (Å²) < 4.78 is 9.03. The zero-order valence-electron chi connectivity index (χ0n) is 16.2. The standard InChI is InChI=1S/C22H22N4O2/c1-4-28-22(27)21-23-11-12-25(21)14-18-20(17-8-5-15(2)6-9-17)24-19-10-7-16(3)13-26(18)19/h5-13H,4,14H2,1-3H3. The van der Waals surface area contributed by atoms with E-state index in [0.717, 1.165) is 28.2 Å². The van der Waals surface area contributed by atoms with Crippen molar-refractivity contribution < 1.29 is 9.53 Å². The lowest BCUT2D eigenvalue weighted by molar-refractivity contribution is 0.0507. The van der Waals surface area contributed by atoms with Crippen LogP contribution >= 0.6 is 0 Å². The normalized spacial score (nSPS) is 11.1. The highest BCUT2D eigenvalue weighted by molar-refractivity contribution is 5.85. The van der Waals surface area contributed by atoms with Crippen molar-refractivity contribution in [2.75, 3.05) is 6.61 Å². The number of nitrogens with zero attached hydrogens (tertiary/aromatic N) is 4. The molecule has 0 unspecified atom stereocenters. The third kappa shape index (κ3) is 3.29. The molecule has 4 aromatic rings. The van der Waals surface area contributed by atoms with Gasteiger partial charge in [-0.25, -0.2) is 14.8 Å². The van der Waals surface area contributed by atoms with Gasteiger partial charge in [0.05, 0.1) is 24.5 Å². The molecule has 1 aromatic carbocycles. The molecule has 0 aliphatic carbocycles. The van der Waals surface area contributed by atoms with Crippen molar-refractivity contribution in [3.05, 3.63) is 77.6 Å². The van der Waals surface area contributed by atoms with Crippen LogP contribution in [0.15, 0.2) is 55.0 Å². The number of esters is 1. The molecular weight excluding hydrogens is 352 g/mol. The average Bonchev–Trinajstić information content (AvgIpc) is 3.28. The third-order valence-electron chi connectivity index (χ3n) is 4.68. The van der Waals surface area contributed by atoms with Crippen LogP contribution in [0.3, 0.4) is 0 Å². The Kier molecular flexibility index (Phi) is 4.69. The predicted octanol–water partition coefficient (Wildman–Crippen LogP) is 4.04. The minimum absolute atomic E-state index is 0.291. The van der Waals surface area contributed by atoms with Crippen molar-refractivity contribution in [1.82, 2.24) is 18.9 Å². The Morgan fingerprint density at radius 3 is 2.57 bits per heavy atom. The lowest BCUT2D eigenvalue weighted by Crippen LogP contribution is -2.15. The molecule has 0 saturated carbocycles. The Labute approximate surface area is 163 Å². The molecule has 6 heteroatoms. The number of benzene rings is 1. The summed E-state index contributed by atoms with van der Waals surface area (Å²) in [4.78, 5) is 21.3. The average molecular weight is 374 g/mol. The second kappa shape index (κ2) is 7.31. The van der Waals surface area contributed by atoms with Crippen LogP contribution in [0.25, 0.3) is 16.9 Å². The Bertz CT molecular complexity index is 1140. The third-order valence-corrected chi connectivity index (χ3v) is 4.68. The minimum atomic E-state index is -0.422. The number of fused-ring (bicyclic) bond motifs is 1. The summed E-state index contributed by atoms with van der Waals surface area (Å²) in [7, 11) is 0. The molecule has 3 aromatic heterocycles. The molecule has 28 heavy (non-hydrogen) atoms. The Hall–Kier alpha value is -3.41. The zero-order valence-corrected chi connectivity index (χ0v) is 16.2. The van der Waals surface area contributed by atoms with E-state index >= 15 is 0 Å². The number of ether oxygens (including phenoxy) is 1. The van der Waals surface area contributed by atoms with Crippen LogP contribution in [0.1, 0.15) is 34.4 Å². The first-order valence-corrected chi connectivity index (χ1v) is 9.29. The number of pyridine rings is 1. The number of carbonyl (C=O) groups excluding carboxylic acids is 1. The van der Waals surface area contributed by atoms with E-state index in [1.165, 1.54) is 5.56 Å². The molecule has 3 heterocycles. The zero-order chi connectivity index (χ0) is 19.7. The van der Waals surface area contributed by atoms with Crippen molar-refractivity contribution in [3.8, 4) is 11.3 Å². The Morgan fingerprint density at radius 1 is 1.07 bits per heavy atom. The molecular formula is C22H22N4O2. The number of aromatic nitrogens is 4. The molecule has 0 saturated heterocycles. The van der Waals surface area contributed by atoms with Gasteiger partial charge in [0.2, 0.25) is 5.82 Å². The van der Waals surface area contributed by atoms with Gasteiger partial charge in [-0.1, -0.05) is 35.9 Å². The van der Waals surface area contributed by atoms with Crippen LogP contribution in [0.5, 0.6) is 0 Å². The molecule has 0 N–H and O–H groups in total. The maximum Gasteiger partial charge on any atom is 0.374 e. The molecule has 0 fully saturated rings. The summed E-state index contributed by atoms with van der Waals surface area (Å²) in [5, 5.41) is 0. The summed E-state index contributed by atoms with van der Waals surface area (Å²) in [6.45, 7) is 6.68. The lowest BCUT2D eigenvalue weighted by Gasteiger charge is -2.10. The lowest BCUT2D eigenvalue weighted by atomic mass is 10.1. The summed E-state index contributed by atoms with van der Waals surface area (Å²) in [6, 6.07) is 12.4. The smallest absolute Gasteiger partial charge is 0.374 e. The first-order valence-electron chi connectivity index (χ1n) is 9.29. The number of aryl methyl sites for hydroxylation is 2. The van der Waals surface area contributed by atoms with Crippen LogP contribution in [-0.2, 0) is 11.3 Å². The van der Waals surface area contributed by atoms with Gasteiger partial charge >= 0.3 is 5.97 Å². The predicted molar refractivity (Wildman–Crippen MR) is 107 cm³/mol. The minimum Gasteiger partial charge on any atom is -0.460 e. The van der Waals surface area contributed by atoms with E-state index in [9.17, 15) is 4.79 Å². The summed E-state index contributed by atoms with van der Waals surface area (Å²) in [6.07, 6.45) is 5.48. The van der Waals surface area contributed by atoms with Gasteiger partial charge < -0.3 is 13.7 Å². The maximum absolute atomic E-state index is 12.2. The molecule has 0 amide bonds. The van der Waals surface area contributed by atoms with E-state index in [-0.39, 0.29) is 0 Å². The highest BCUT2D eigenvalue weighted by atomic mass is 16.5. The van der Waals surface area contributed by atoms with Crippen molar-refractivity contribution in [2.24, 2.45) is 0 Å². The number of imidazole rings is 2. The Balaban J connectivity index is 1.85. The van der Waals surface area contributed by atoms with Gasteiger partial charge in [-0.2, -0.15) is 0 Å². The van der Waals surface area contributed by atoms with E-state index in [1.54, 1.807) is 19.3 Å². The van der Waals surface area contributed by atoms with Crippen LogP contribution in [0.4, 0.5) is 0 Å². The highest BCUT2D eigenvalue weighted by Gasteiger charge is 2.19. The molecule has 0 aliphatic rings. The van der Waals surface area contributed by atoms with Crippen LogP contribution in [0, 0.1) is 13.8 Å². The monoisotopic (exact) mass is 374 g/mol.